The lowest BCUT2D eigenvalue weighted by molar-refractivity contribution is 0.689. The molecule has 3 heterocycles. The molecule has 0 aromatic carbocycles. The zero-order valence-electron chi connectivity index (χ0n) is 11.8. The molecule has 0 saturated heterocycles. The minimum absolute atomic E-state index is 0.270. The molecule has 0 fully saturated rings. The molecule has 0 atom stereocenters. The Morgan fingerprint density at radius 2 is 2.19 bits per heavy atom. The number of anilines is 1. The van der Waals surface area contributed by atoms with Crippen LogP contribution in [-0.4, -0.2) is 35.8 Å². The predicted octanol–water partition coefficient (Wildman–Crippen LogP) is 0.400. The van der Waals surface area contributed by atoms with Crippen molar-refractivity contribution >= 4 is 16.9 Å². The summed E-state index contributed by atoms with van der Waals surface area (Å²) in [5.74, 6) is 1.26. The molecule has 0 aliphatic carbocycles. The highest BCUT2D eigenvalue weighted by Gasteiger charge is 2.11. The first-order chi connectivity index (χ1) is 10.2. The molecular formula is C13H15N7O. The van der Waals surface area contributed by atoms with Crippen LogP contribution in [0, 0.1) is 0 Å². The number of nitrogens with zero attached hydrogens (tertiary/aromatic N) is 6. The number of fused-ring (bicyclic) bond motifs is 1. The summed E-state index contributed by atoms with van der Waals surface area (Å²) in [6.07, 6.45) is 4.86. The van der Waals surface area contributed by atoms with E-state index in [0.29, 0.717) is 5.82 Å². The van der Waals surface area contributed by atoms with Crippen LogP contribution in [0.25, 0.3) is 11.0 Å². The van der Waals surface area contributed by atoms with Crippen LogP contribution in [-0.2, 0) is 13.6 Å². The molecule has 0 amide bonds. The average molecular weight is 285 g/mol. The third-order valence-corrected chi connectivity index (χ3v) is 3.08. The van der Waals surface area contributed by atoms with Crippen LogP contribution in [0.3, 0.4) is 0 Å². The fraction of sp³-hybridized carbons (Fsp3) is 0.308. The smallest absolute Gasteiger partial charge is 0.347 e. The first-order valence-electron chi connectivity index (χ1n) is 6.63. The maximum absolute atomic E-state index is 11.7. The minimum Gasteiger partial charge on any atom is -0.370 e. The first kappa shape index (κ1) is 13.2. The van der Waals surface area contributed by atoms with E-state index in [1.165, 1.54) is 10.8 Å². The van der Waals surface area contributed by atoms with Crippen LogP contribution in [0.4, 0.5) is 5.82 Å². The molecule has 0 aliphatic rings. The first-order valence-corrected chi connectivity index (χ1v) is 6.63. The Bertz CT molecular complexity index is 836. The monoisotopic (exact) mass is 285 g/mol. The SMILES string of the molecule is CCNc1nc(Cn2cccnc2=O)nc2c1cnn2C. The molecule has 0 unspecified atom stereocenters. The third kappa shape index (κ3) is 2.47. The third-order valence-electron chi connectivity index (χ3n) is 3.08. The van der Waals surface area contributed by atoms with Gasteiger partial charge in [0.15, 0.2) is 11.5 Å². The fourth-order valence-electron chi connectivity index (χ4n) is 2.10. The van der Waals surface area contributed by atoms with E-state index in [0.717, 1.165) is 23.4 Å². The standard InChI is InChI=1S/C13H15N7O/c1-3-14-11-9-7-16-19(2)12(9)18-10(17-11)8-20-6-4-5-15-13(20)21/h4-7H,3,8H2,1-2H3,(H,14,17,18). The van der Waals surface area contributed by atoms with Crippen molar-refractivity contribution in [3.63, 3.8) is 0 Å². The van der Waals surface area contributed by atoms with Gasteiger partial charge in [0.25, 0.3) is 0 Å². The van der Waals surface area contributed by atoms with Gasteiger partial charge in [0.05, 0.1) is 18.1 Å². The van der Waals surface area contributed by atoms with Gasteiger partial charge in [-0.1, -0.05) is 0 Å². The van der Waals surface area contributed by atoms with Gasteiger partial charge in [-0.15, -0.1) is 0 Å². The van der Waals surface area contributed by atoms with E-state index >= 15 is 0 Å². The Kier molecular flexibility index (Phi) is 3.35. The second kappa shape index (κ2) is 5.31. The van der Waals surface area contributed by atoms with E-state index in [1.807, 2.05) is 14.0 Å². The topological polar surface area (TPSA) is 90.5 Å². The minimum atomic E-state index is -0.323. The summed E-state index contributed by atoms with van der Waals surface area (Å²) < 4.78 is 3.15. The van der Waals surface area contributed by atoms with Gasteiger partial charge in [-0.3, -0.25) is 9.25 Å². The second-order valence-electron chi connectivity index (χ2n) is 4.55. The molecule has 0 spiro atoms. The molecule has 3 aromatic rings. The summed E-state index contributed by atoms with van der Waals surface area (Å²) in [5, 5.41) is 8.26. The van der Waals surface area contributed by atoms with Gasteiger partial charge < -0.3 is 5.32 Å². The lowest BCUT2D eigenvalue weighted by Crippen LogP contribution is -2.23. The van der Waals surface area contributed by atoms with Crippen molar-refractivity contribution in [2.45, 2.75) is 13.5 Å². The van der Waals surface area contributed by atoms with Gasteiger partial charge in [-0.2, -0.15) is 5.10 Å². The molecular weight excluding hydrogens is 270 g/mol. The number of hydrogen-bond acceptors (Lipinski definition) is 6. The highest BCUT2D eigenvalue weighted by atomic mass is 16.1. The van der Waals surface area contributed by atoms with E-state index in [9.17, 15) is 4.79 Å². The summed E-state index contributed by atoms with van der Waals surface area (Å²) in [6.45, 7) is 3.01. The van der Waals surface area contributed by atoms with Gasteiger partial charge in [0.2, 0.25) is 0 Å². The van der Waals surface area contributed by atoms with Gasteiger partial charge in [-0.25, -0.2) is 19.7 Å². The molecule has 0 aliphatic heterocycles. The van der Waals surface area contributed by atoms with Crippen LogP contribution in [0.1, 0.15) is 12.7 Å². The van der Waals surface area contributed by atoms with Crippen molar-refractivity contribution in [2.24, 2.45) is 7.05 Å². The summed E-state index contributed by atoms with van der Waals surface area (Å²) in [6, 6.07) is 1.70. The lowest BCUT2D eigenvalue weighted by Gasteiger charge is -2.08. The number of nitrogens with one attached hydrogen (secondary N) is 1. The summed E-state index contributed by atoms with van der Waals surface area (Å²) in [7, 11) is 1.82. The van der Waals surface area contributed by atoms with Crippen molar-refractivity contribution in [3.05, 3.63) is 41.0 Å². The van der Waals surface area contributed by atoms with Crippen molar-refractivity contribution in [2.75, 3.05) is 11.9 Å². The molecule has 21 heavy (non-hydrogen) atoms. The molecule has 3 rings (SSSR count). The van der Waals surface area contributed by atoms with Crippen LogP contribution >= 0.6 is 0 Å². The van der Waals surface area contributed by atoms with E-state index in [4.69, 9.17) is 0 Å². The predicted molar refractivity (Wildman–Crippen MR) is 78.1 cm³/mol. The molecule has 3 aromatic heterocycles. The van der Waals surface area contributed by atoms with Crippen LogP contribution < -0.4 is 11.0 Å². The normalized spacial score (nSPS) is 11.0. The Morgan fingerprint density at radius 1 is 1.33 bits per heavy atom. The Balaban J connectivity index is 2.08. The van der Waals surface area contributed by atoms with Crippen LogP contribution in [0.15, 0.2) is 29.5 Å². The number of rotatable bonds is 4. The molecule has 0 bridgehead atoms. The maximum atomic E-state index is 11.7. The zero-order valence-corrected chi connectivity index (χ0v) is 11.8. The molecule has 108 valence electrons. The van der Waals surface area contributed by atoms with Crippen LogP contribution in [0.2, 0.25) is 0 Å². The molecule has 0 saturated carbocycles. The van der Waals surface area contributed by atoms with Crippen molar-refractivity contribution in [1.82, 2.24) is 29.3 Å². The number of aromatic nitrogens is 6. The highest BCUT2D eigenvalue weighted by molar-refractivity contribution is 5.86. The highest BCUT2D eigenvalue weighted by Crippen LogP contribution is 2.19. The molecule has 1 N–H and O–H groups in total. The summed E-state index contributed by atoms with van der Waals surface area (Å²) in [5.41, 5.74) is 0.407. The molecule has 0 radical (unpaired) electrons. The van der Waals surface area contributed by atoms with Crippen molar-refractivity contribution < 1.29 is 0 Å². The molecule has 8 nitrogen and oxygen atoms in total. The average Bonchev–Trinajstić information content (AvgIpc) is 2.84. The lowest BCUT2D eigenvalue weighted by atomic mass is 10.3. The zero-order chi connectivity index (χ0) is 14.8. The number of aryl methyl sites for hydroxylation is 1. The largest absolute Gasteiger partial charge is 0.370 e. The van der Waals surface area contributed by atoms with Gasteiger partial charge in [0.1, 0.15) is 5.82 Å². The van der Waals surface area contributed by atoms with Crippen molar-refractivity contribution in [1.29, 1.82) is 0 Å². The van der Waals surface area contributed by atoms with E-state index in [2.05, 4.69) is 25.4 Å². The van der Waals surface area contributed by atoms with E-state index in [1.54, 1.807) is 23.1 Å². The van der Waals surface area contributed by atoms with Gasteiger partial charge >= 0.3 is 5.69 Å². The Hall–Kier alpha value is -2.77. The summed E-state index contributed by atoms with van der Waals surface area (Å²) >= 11 is 0. The second-order valence-corrected chi connectivity index (χ2v) is 4.55. The van der Waals surface area contributed by atoms with Gasteiger partial charge in [0, 0.05) is 26.0 Å². The molecule has 8 heteroatoms. The number of hydrogen-bond donors (Lipinski definition) is 1. The Labute approximate surface area is 120 Å². The van der Waals surface area contributed by atoms with Crippen molar-refractivity contribution in [3.8, 4) is 0 Å². The van der Waals surface area contributed by atoms with Gasteiger partial charge in [-0.05, 0) is 13.0 Å². The van der Waals surface area contributed by atoms with E-state index < -0.39 is 0 Å². The van der Waals surface area contributed by atoms with E-state index in [-0.39, 0.29) is 12.2 Å². The quantitative estimate of drug-likeness (QED) is 0.746. The maximum Gasteiger partial charge on any atom is 0.347 e. The fourth-order valence-corrected chi connectivity index (χ4v) is 2.10. The van der Waals surface area contributed by atoms with Crippen LogP contribution in [0.5, 0.6) is 0 Å². The summed E-state index contributed by atoms with van der Waals surface area (Å²) in [4.78, 5) is 24.4. The Morgan fingerprint density at radius 3 is 2.95 bits per heavy atom.